The molecular weight excluding hydrogens is 258 g/mol. The van der Waals surface area contributed by atoms with Gasteiger partial charge in [-0.2, -0.15) is 0 Å². The van der Waals surface area contributed by atoms with E-state index < -0.39 is 6.09 Å². The van der Waals surface area contributed by atoms with E-state index >= 15 is 0 Å². The number of carbonyl (C=O) groups is 2. The minimum absolute atomic E-state index is 0.0217. The van der Waals surface area contributed by atoms with Crippen molar-refractivity contribution in [2.45, 2.75) is 38.2 Å². The first kappa shape index (κ1) is 14.4. The van der Waals surface area contributed by atoms with Crippen molar-refractivity contribution in [3.8, 4) is 0 Å². The van der Waals surface area contributed by atoms with Crippen LogP contribution in [-0.2, 0) is 9.47 Å². The summed E-state index contributed by atoms with van der Waals surface area (Å²) >= 11 is 0. The van der Waals surface area contributed by atoms with Crippen LogP contribution in [0.25, 0.3) is 0 Å². The molecule has 0 radical (unpaired) electrons. The molecule has 1 aliphatic carbocycles. The van der Waals surface area contributed by atoms with E-state index in [0.29, 0.717) is 11.3 Å². The highest BCUT2D eigenvalue weighted by Crippen LogP contribution is 2.22. The molecule has 20 heavy (non-hydrogen) atoms. The van der Waals surface area contributed by atoms with E-state index in [0.717, 1.165) is 25.7 Å². The predicted octanol–water partition coefficient (Wildman–Crippen LogP) is 3.35. The fourth-order valence-electron chi connectivity index (χ4n) is 2.30. The van der Waals surface area contributed by atoms with Gasteiger partial charge >= 0.3 is 12.1 Å². The van der Waals surface area contributed by atoms with Gasteiger partial charge < -0.3 is 9.47 Å². The quantitative estimate of drug-likeness (QED) is 0.860. The summed E-state index contributed by atoms with van der Waals surface area (Å²) in [5, 5.41) is 2.52. The zero-order valence-corrected chi connectivity index (χ0v) is 11.6. The summed E-state index contributed by atoms with van der Waals surface area (Å²) in [6, 6.07) is 6.65. The molecule has 1 fully saturated rings. The third-order valence-electron chi connectivity index (χ3n) is 3.36. The van der Waals surface area contributed by atoms with Crippen LogP contribution in [0.3, 0.4) is 0 Å². The molecule has 0 aliphatic heterocycles. The van der Waals surface area contributed by atoms with Crippen LogP contribution in [0.5, 0.6) is 0 Å². The summed E-state index contributed by atoms with van der Waals surface area (Å²) < 4.78 is 9.99. The number of benzene rings is 1. The Kier molecular flexibility index (Phi) is 4.98. The summed E-state index contributed by atoms with van der Waals surface area (Å²) in [5.41, 5.74) is 0.944. The van der Waals surface area contributed by atoms with Crippen LogP contribution < -0.4 is 5.32 Å². The minimum Gasteiger partial charge on any atom is -0.459 e. The number of nitrogens with one attached hydrogen (secondary N) is 1. The average Bonchev–Trinajstić information content (AvgIpc) is 2.48. The van der Waals surface area contributed by atoms with Crippen LogP contribution in [0, 0.1) is 0 Å². The molecule has 1 saturated carbocycles. The molecule has 0 bridgehead atoms. The molecule has 0 saturated heterocycles. The molecular formula is C15H19NO4. The predicted molar refractivity (Wildman–Crippen MR) is 74.8 cm³/mol. The molecule has 1 aliphatic rings. The van der Waals surface area contributed by atoms with Gasteiger partial charge in [0.1, 0.15) is 6.10 Å². The van der Waals surface area contributed by atoms with Gasteiger partial charge in [-0.3, -0.25) is 5.32 Å². The number of ether oxygens (including phenoxy) is 2. The first-order valence-electron chi connectivity index (χ1n) is 6.85. The largest absolute Gasteiger partial charge is 0.459 e. The Morgan fingerprint density at radius 3 is 2.65 bits per heavy atom. The van der Waals surface area contributed by atoms with Gasteiger partial charge in [-0.25, -0.2) is 9.59 Å². The molecule has 5 heteroatoms. The molecule has 2 rings (SSSR count). The van der Waals surface area contributed by atoms with Gasteiger partial charge in [0.15, 0.2) is 0 Å². The van der Waals surface area contributed by atoms with Gasteiger partial charge in [0.05, 0.1) is 12.7 Å². The molecule has 1 N–H and O–H groups in total. The van der Waals surface area contributed by atoms with Crippen LogP contribution in [0.1, 0.15) is 42.5 Å². The summed E-state index contributed by atoms with van der Waals surface area (Å²) in [4.78, 5) is 23.2. The van der Waals surface area contributed by atoms with Gasteiger partial charge in [-0.15, -0.1) is 0 Å². The summed E-state index contributed by atoms with van der Waals surface area (Å²) in [5.74, 6) is -0.342. The van der Waals surface area contributed by atoms with Crippen LogP contribution in [0.4, 0.5) is 10.5 Å². The molecule has 0 spiro atoms. The third-order valence-corrected chi connectivity index (χ3v) is 3.36. The van der Waals surface area contributed by atoms with E-state index in [1.807, 2.05) is 0 Å². The fraction of sp³-hybridized carbons (Fsp3) is 0.467. The molecule has 0 aromatic heterocycles. The Bertz CT molecular complexity index is 481. The highest BCUT2D eigenvalue weighted by atomic mass is 16.5. The maximum Gasteiger partial charge on any atom is 0.411 e. The van der Waals surface area contributed by atoms with E-state index in [4.69, 9.17) is 4.74 Å². The number of anilines is 1. The smallest absolute Gasteiger partial charge is 0.411 e. The van der Waals surface area contributed by atoms with E-state index in [9.17, 15) is 9.59 Å². The van der Waals surface area contributed by atoms with E-state index in [-0.39, 0.29) is 12.1 Å². The van der Waals surface area contributed by atoms with Crippen LogP contribution >= 0.6 is 0 Å². The monoisotopic (exact) mass is 277 g/mol. The average molecular weight is 277 g/mol. The van der Waals surface area contributed by atoms with Crippen molar-refractivity contribution >= 4 is 17.7 Å². The van der Waals surface area contributed by atoms with Crippen LogP contribution in [0.2, 0.25) is 0 Å². The number of carbonyl (C=O) groups excluding carboxylic acids is 2. The lowest BCUT2D eigenvalue weighted by molar-refractivity contribution is 0.0211. The molecule has 1 aromatic rings. The number of hydrogen-bond donors (Lipinski definition) is 1. The maximum absolute atomic E-state index is 12.1. The molecule has 1 aromatic carbocycles. The Hall–Kier alpha value is -2.04. The number of rotatable bonds is 3. The highest BCUT2D eigenvalue weighted by molar-refractivity contribution is 5.92. The van der Waals surface area contributed by atoms with E-state index in [1.54, 1.807) is 24.3 Å². The first-order valence-corrected chi connectivity index (χ1v) is 6.85. The standard InChI is InChI=1S/C15H19NO4/c1-19-15(18)16-12-7-5-6-11(10-12)14(17)20-13-8-3-2-4-9-13/h5-7,10,13H,2-4,8-9H2,1H3,(H,16,18). The highest BCUT2D eigenvalue weighted by Gasteiger charge is 2.19. The SMILES string of the molecule is COC(=O)Nc1cccc(C(=O)OC2CCCCC2)c1. The van der Waals surface area contributed by atoms with E-state index in [2.05, 4.69) is 10.1 Å². The van der Waals surface area contributed by atoms with Crippen molar-refractivity contribution in [2.24, 2.45) is 0 Å². The number of methoxy groups -OCH3 is 1. The third kappa shape index (κ3) is 3.98. The summed E-state index contributed by atoms with van der Waals surface area (Å²) in [7, 11) is 1.29. The molecule has 1 amide bonds. The van der Waals surface area contributed by atoms with Crippen LogP contribution in [-0.4, -0.2) is 25.3 Å². The Labute approximate surface area is 118 Å². The van der Waals surface area contributed by atoms with Crippen molar-refractivity contribution in [1.82, 2.24) is 0 Å². The van der Waals surface area contributed by atoms with Crippen molar-refractivity contribution in [2.75, 3.05) is 12.4 Å². The van der Waals surface area contributed by atoms with Crippen molar-refractivity contribution in [3.05, 3.63) is 29.8 Å². The fourth-order valence-corrected chi connectivity index (χ4v) is 2.30. The topological polar surface area (TPSA) is 64.6 Å². The Morgan fingerprint density at radius 2 is 1.95 bits per heavy atom. The van der Waals surface area contributed by atoms with Crippen molar-refractivity contribution in [1.29, 1.82) is 0 Å². The first-order chi connectivity index (χ1) is 9.69. The molecule has 0 heterocycles. The van der Waals surface area contributed by atoms with Gasteiger partial charge in [-0.1, -0.05) is 12.5 Å². The number of esters is 1. The molecule has 5 nitrogen and oxygen atoms in total. The lowest BCUT2D eigenvalue weighted by Gasteiger charge is -2.21. The molecule has 108 valence electrons. The number of hydrogen-bond acceptors (Lipinski definition) is 4. The second kappa shape index (κ2) is 6.93. The van der Waals surface area contributed by atoms with Crippen molar-refractivity contribution < 1.29 is 19.1 Å². The summed E-state index contributed by atoms with van der Waals surface area (Å²) in [6.45, 7) is 0. The van der Waals surface area contributed by atoms with Crippen LogP contribution in [0.15, 0.2) is 24.3 Å². The maximum atomic E-state index is 12.1. The zero-order chi connectivity index (χ0) is 14.4. The zero-order valence-electron chi connectivity index (χ0n) is 11.6. The normalized spacial score (nSPS) is 15.4. The summed E-state index contributed by atoms with van der Waals surface area (Å²) in [6.07, 6.45) is 4.77. The Morgan fingerprint density at radius 1 is 1.20 bits per heavy atom. The molecule has 0 unspecified atom stereocenters. The minimum atomic E-state index is -0.567. The van der Waals surface area contributed by atoms with Gasteiger partial charge in [-0.05, 0) is 43.9 Å². The lowest BCUT2D eigenvalue weighted by atomic mass is 9.98. The van der Waals surface area contributed by atoms with Crippen molar-refractivity contribution in [3.63, 3.8) is 0 Å². The second-order valence-corrected chi connectivity index (χ2v) is 4.86. The Balaban J connectivity index is 1.98. The van der Waals surface area contributed by atoms with Gasteiger partial charge in [0, 0.05) is 5.69 Å². The molecule has 0 atom stereocenters. The second-order valence-electron chi connectivity index (χ2n) is 4.86. The van der Waals surface area contributed by atoms with Gasteiger partial charge in [0.25, 0.3) is 0 Å². The van der Waals surface area contributed by atoms with E-state index in [1.165, 1.54) is 13.5 Å². The number of amides is 1. The lowest BCUT2D eigenvalue weighted by Crippen LogP contribution is -2.21. The van der Waals surface area contributed by atoms with Gasteiger partial charge in [0.2, 0.25) is 0 Å².